The maximum absolute atomic E-state index is 6.15. The van der Waals surface area contributed by atoms with E-state index < -0.39 is 0 Å². The van der Waals surface area contributed by atoms with E-state index in [1.54, 1.807) is 14.2 Å². The summed E-state index contributed by atoms with van der Waals surface area (Å²) in [5.74, 6) is 1.46. The van der Waals surface area contributed by atoms with Gasteiger partial charge in [-0.15, -0.1) is 0 Å². The van der Waals surface area contributed by atoms with Crippen molar-refractivity contribution in [2.75, 3.05) is 57.8 Å². The van der Waals surface area contributed by atoms with Crippen molar-refractivity contribution in [1.82, 2.24) is 4.98 Å². The second-order valence-electron chi connectivity index (χ2n) is 8.25. The zero-order chi connectivity index (χ0) is 22.7. The number of benzene rings is 2. The Hall–Kier alpha value is -3.25. The van der Waals surface area contributed by atoms with Crippen LogP contribution in [0.15, 0.2) is 54.6 Å². The molecule has 32 heavy (non-hydrogen) atoms. The van der Waals surface area contributed by atoms with E-state index in [9.17, 15) is 0 Å². The molecule has 6 nitrogen and oxygen atoms in total. The van der Waals surface area contributed by atoms with Crippen LogP contribution in [-0.2, 0) is 4.74 Å². The van der Waals surface area contributed by atoms with Crippen molar-refractivity contribution in [2.45, 2.75) is 13.0 Å². The first-order valence-electron chi connectivity index (χ1n) is 10.8. The van der Waals surface area contributed by atoms with E-state index in [0.717, 1.165) is 52.6 Å². The number of methoxy groups -OCH3 is 2. The van der Waals surface area contributed by atoms with Crippen LogP contribution in [0, 0.1) is 6.92 Å². The Labute approximate surface area is 190 Å². The summed E-state index contributed by atoms with van der Waals surface area (Å²) >= 11 is 0. The molecule has 168 valence electrons. The molecule has 0 radical (unpaired) electrons. The van der Waals surface area contributed by atoms with Crippen LogP contribution in [0.1, 0.15) is 17.2 Å². The molecule has 1 aromatic heterocycles. The van der Waals surface area contributed by atoms with Crippen LogP contribution < -0.4 is 19.3 Å². The van der Waals surface area contributed by atoms with Gasteiger partial charge in [-0.05, 0) is 48.4 Å². The average Bonchev–Trinajstić information content (AvgIpc) is 2.83. The SMILES string of the molecule is COc1cc(C)cc(C2CN(c3ccc(OC)nc3-c3ccc(N(C)C)cc3)CCO2)c1. The number of nitrogens with zero attached hydrogens (tertiary/aromatic N) is 3. The van der Waals surface area contributed by atoms with E-state index in [1.165, 1.54) is 0 Å². The zero-order valence-corrected chi connectivity index (χ0v) is 19.5. The van der Waals surface area contributed by atoms with E-state index in [4.69, 9.17) is 19.2 Å². The summed E-state index contributed by atoms with van der Waals surface area (Å²) < 4.78 is 17.1. The van der Waals surface area contributed by atoms with Crippen LogP contribution in [-0.4, -0.2) is 53.0 Å². The van der Waals surface area contributed by atoms with Crippen molar-refractivity contribution in [1.29, 1.82) is 0 Å². The smallest absolute Gasteiger partial charge is 0.213 e. The van der Waals surface area contributed by atoms with Gasteiger partial charge in [-0.25, -0.2) is 4.98 Å². The molecular weight excluding hydrogens is 402 g/mol. The molecule has 0 bridgehead atoms. The fourth-order valence-electron chi connectivity index (χ4n) is 4.08. The second-order valence-corrected chi connectivity index (χ2v) is 8.25. The molecule has 1 aliphatic rings. The van der Waals surface area contributed by atoms with Crippen LogP contribution in [0.5, 0.6) is 11.6 Å². The molecule has 2 heterocycles. The Kier molecular flexibility index (Phi) is 6.51. The highest BCUT2D eigenvalue weighted by Gasteiger charge is 2.25. The predicted octanol–water partition coefficient (Wildman–Crippen LogP) is 4.72. The Morgan fingerprint density at radius 2 is 1.78 bits per heavy atom. The summed E-state index contributed by atoms with van der Waals surface area (Å²) in [7, 11) is 7.43. The van der Waals surface area contributed by atoms with Gasteiger partial charge in [0, 0.05) is 44.5 Å². The Morgan fingerprint density at radius 3 is 2.47 bits per heavy atom. The first-order chi connectivity index (χ1) is 15.5. The van der Waals surface area contributed by atoms with Crippen LogP contribution in [0.4, 0.5) is 11.4 Å². The van der Waals surface area contributed by atoms with E-state index in [2.05, 4.69) is 59.2 Å². The maximum atomic E-state index is 6.15. The number of aryl methyl sites for hydroxylation is 1. The van der Waals surface area contributed by atoms with Gasteiger partial charge < -0.3 is 24.0 Å². The van der Waals surface area contributed by atoms with Crippen molar-refractivity contribution in [3.63, 3.8) is 0 Å². The quantitative estimate of drug-likeness (QED) is 0.561. The molecule has 6 heteroatoms. The molecule has 0 N–H and O–H groups in total. The first-order valence-corrected chi connectivity index (χ1v) is 10.8. The number of anilines is 2. The fourth-order valence-corrected chi connectivity index (χ4v) is 4.08. The summed E-state index contributed by atoms with van der Waals surface area (Å²) in [6.07, 6.45) is -0.0383. The van der Waals surface area contributed by atoms with Gasteiger partial charge in [0.15, 0.2) is 0 Å². The van der Waals surface area contributed by atoms with Crippen LogP contribution >= 0.6 is 0 Å². The van der Waals surface area contributed by atoms with E-state index in [-0.39, 0.29) is 6.10 Å². The van der Waals surface area contributed by atoms with Crippen molar-refractivity contribution in [3.8, 4) is 22.9 Å². The molecule has 1 atom stereocenters. The third kappa shape index (κ3) is 4.65. The lowest BCUT2D eigenvalue weighted by atomic mass is 10.0. The molecule has 3 aromatic rings. The van der Waals surface area contributed by atoms with Gasteiger partial charge in [0.2, 0.25) is 5.88 Å². The van der Waals surface area contributed by atoms with Gasteiger partial charge in [-0.2, -0.15) is 0 Å². The molecule has 0 aliphatic carbocycles. The molecule has 1 aliphatic heterocycles. The molecule has 0 saturated carbocycles. The highest BCUT2D eigenvalue weighted by molar-refractivity contribution is 5.77. The van der Waals surface area contributed by atoms with Crippen molar-refractivity contribution < 1.29 is 14.2 Å². The third-order valence-corrected chi connectivity index (χ3v) is 5.80. The Bertz CT molecular complexity index is 1070. The standard InChI is InChI=1S/C26H31N3O3/c1-18-14-20(16-22(15-18)30-4)24-17-29(12-13-32-24)23-10-11-25(31-5)27-26(23)19-6-8-21(9-7-19)28(2)3/h6-11,14-16,24H,12-13,17H2,1-5H3. The monoisotopic (exact) mass is 433 g/mol. The highest BCUT2D eigenvalue weighted by atomic mass is 16.5. The lowest BCUT2D eigenvalue weighted by molar-refractivity contribution is 0.0396. The summed E-state index contributed by atoms with van der Waals surface area (Å²) in [5.41, 5.74) is 6.49. The number of ether oxygens (including phenoxy) is 3. The lowest BCUT2D eigenvalue weighted by Gasteiger charge is -2.35. The number of pyridine rings is 1. The molecule has 4 rings (SSSR count). The minimum absolute atomic E-state index is 0.0383. The van der Waals surface area contributed by atoms with Crippen molar-refractivity contribution in [2.24, 2.45) is 0 Å². The molecule has 1 saturated heterocycles. The minimum Gasteiger partial charge on any atom is -0.497 e. The molecule has 2 aromatic carbocycles. The molecule has 1 unspecified atom stereocenters. The maximum Gasteiger partial charge on any atom is 0.213 e. The summed E-state index contributed by atoms with van der Waals surface area (Å²) in [4.78, 5) is 9.25. The van der Waals surface area contributed by atoms with Crippen molar-refractivity contribution in [3.05, 3.63) is 65.7 Å². The highest BCUT2D eigenvalue weighted by Crippen LogP contribution is 2.35. The number of hydrogen-bond acceptors (Lipinski definition) is 6. The van der Waals surface area contributed by atoms with Gasteiger partial charge >= 0.3 is 0 Å². The van der Waals surface area contributed by atoms with Crippen LogP contribution in [0.3, 0.4) is 0 Å². The summed E-state index contributed by atoms with van der Waals surface area (Å²) in [6, 6.07) is 18.7. The topological polar surface area (TPSA) is 47.1 Å². The zero-order valence-electron chi connectivity index (χ0n) is 19.5. The number of morpholine rings is 1. The van der Waals surface area contributed by atoms with Crippen LogP contribution in [0.25, 0.3) is 11.3 Å². The average molecular weight is 434 g/mol. The first kappa shape index (κ1) is 22.0. The largest absolute Gasteiger partial charge is 0.497 e. The second kappa shape index (κ2) is 9.49. The molecule has 1 fully saturated rings. The van der Waals surface area contributed by atoms with Gasteiger partial charge in [0.25, 0.3) is 0 Å². The van der Waals surface area contributed by atoms with E-state index in [1.807, 2.05) is 26.2 Å². The predicted molar refractivity (Wildman–Crippen MR) is 129 cm³/mol. The Morgan fingerprint density at radius 1 is 1.00 bits per heavy atom. The van der Waals surface area contributed by atoms with Gasteiger partial charge in [0.1, 0.15) is 11.9 Å². The number of hydrogen-bond donors (Lipinski definition) is 0. The minimum atomic E-state index is -0.0383. The molecule has 0 amide bonds. The number of rotatable bonds is 6. The van der Waals surface area contributed by atoms with Crippen LogP contribution in [0.2, 0.25) is 0 Å². The summed E-state index contributed by atoms with van der Waals surface area (Å²) in [6.45, 7) is 4.26. The van der Waals surface area contributed by atoms with E-state index in [0.29, 0.717) is 12.5 Å². The Balaban J connectivity index is 1.67. The van der Waals surface area contributed by atoms with E-state index >= 15 is 0 Å². The normalized spacial score (nSPS) is 16.0. The van der Waals surface area contributed by atoms with Crippen molar-refractivity contribution >= 4 is 11.4 Å². The van der Waals surface area contributed by atoms with Gasteiger partial charge in [-0.3, -0.25) is 0 Å². The molecular formula is C26H31N3O3. The van der Waals surface area contributed by atoms with Gasteiger partial charge in [0.05, 0.1) is 32.2 Å². The number of aromatic nitrogens is 1. The third-order valence-electron chi connectivity index (χ3n) is 5.80. The lowest BCUT2D eigenvalue weighted by Crippen LogP contribution is -2.38. The fraction of sp³-hybridized carbons (Fsp3) is 0.346. The molecule has 0 spiro atoms. The van der Waals surface area contributed by atoms with Gasteiger partial charge in [-0.1, -0.05) is 18.2 Å². The summed E-state index contributed by atoms with van der Waals surface area (Å²) in [5, 5.41) is 0.